The first-order chi connectivity index (χ1) is 7.38. The Balaban J connectivity index is 2.09. The van der Waals surface area contributed by atoms with Crippen LogP contribution in [0.3, 0.4) is 0 Å². The Labute approximate surface area is 92.7 Å². The fourth-order valence-electron chi connectivity index (χ4n) is 1.82. The van der Waals surface area contributed by atoms with E-state index in [1.807, 2.05) is 0 Å². The zero-order valence-electron chi connectivity index (χ0n) is 9.92. The maximum Gasteiger partial charge on any atom is 0.0623 e. The zero-order chi connectivity index (χ0) is 10.9. The van der Waals surface area contributed by atoms with Crippen molar-refractivity contribution in [1.82, 2.24) is 10.6 Å². The standard InChI is InChI=1S/C11H24N2O2/c1-3-4-13-11-9-15-8-10(11)7-12-5-6-14-2/h10-13H,3-9H2,1-2H3. The highest BCUT2D eigenvalue weighted by Gasteiger charge is 2.26. The number of hydrogen-bond acceptors (Lipinski definition) is 4. The molecule has 1 fully saturated rings. The van der Waals surface area contributed by atoms with E-state index in [9.17, 15) is 0 Å². The first-order valence-corrected chi connectivity index (χ1v) is 5.89. The van der Waals surface area contributed by atoms with E-state index in [1.54, 1.807) is 7.11 Å². The Morgan fingerprint density at radius 3 is 2.93 bits per heavy atom. The maximum atomic E-state index is 5.49. The van der Waals surface area contributed by atoms with Crippen molar-refractivity contribution >= 4 is 0 Å². The van der Waals surface area contributed by atoms with Gasteiger partial charge in [0.05, 0.1) is 19.8 Å². The summed E-state index contributed by atoms with van der Waals surface area (Å²) in [7, 11) is 1.73. The van der Waals surface area contributed by atoms with Crippen molar-refractivity contribution in [3.63, 3.8) is 0 Å². The van der Waals surface area contributed by atoms with Crippen LogP contribution in [0, 0.1) is 5.92 Å². The third-order valence-electron chi connectivity index (χ3n) is 2.74. The van der Waals surface area contributed by atoms with Crippen molar-refractivity contribution in [2.45, 2.75) is 19.4 Å². The molecule has 1 saturated heterocycles. The number of methoxy groups -OCH3 is 1. The smallest absolute Gasteiger partial charge is 0.0623 e. The summed E-state index contributed by atoms with van der Waals surface area (Å²) in [6, 6.07) is 0.528. The molecule has 15 heavy (non-hydrogen) atoms. The van der Waals surface area contributed by atoms with Crippen LogP contribution in [-0.4, -0.2) is 52.6 Å². The number of hydrogen-bond donors (Lipinski definition) is 2. The molecule has 0 saturated carbocycles. The minimum Gasteiger partial charge on any atom is -0.383 e. The van der Waals surface area contributed by atoms with E-state index in [0.29, 0.717) is 12.0 Å². The normalized spacial score (nSPS) is 26.0. The maximum absolute atomic E-state index is 5.49. The first-order valence-electron chi connectivity index (χ1n) is 5.89. The molecule has 0 amide bonds. The average molecular weight is 216 g/mol. The molecular weight excluding hydrogens is 192 g/mol. The second-order valence-corrected chi connectivity index (χ2v) is 4.06. The van der Waals surface area contributed by atoms with E-state index in [1.165, 1.54) is 6.42 Å². The predicted molar refractivity (Wildman–Crippen MR) is 61.1 cm³/mol. The summed E-state index contributed by atoms with van der Waals surface area (Å²) >= 11 is 0. The summed E-state index contributed by atoms with van der Waals surface area (Å²) in [4.78, 5) is 0. The first kappa shape index (κ1) is 12.9. The molecule has 0 aromatic rings. The summed E-state index contributed by atoms with van der Waals surface area (Å²) in [6.07, 6.45) is 1.18. The second kappa shape index (κ2) is 8.05. The van der Waals surface area contributed by atoms with Crippen molar-refractivity contribution in [3.8, 4) is 0 Å². The monoisotopic (exact) mass is 216 g/mol. The van der Waals surface area contributed by atoms with Gasteiger partial charge in [-0.15, -0.1) is 0 Å². The molecule has 2 N–H and O–H groups in total. The van der Waals surface area contributed by atoms with Gasteiger partial charge in [0.25, 0.3) is 0 Å². The molecule has 0 radical (unpaired) electrons. The van der Waals surface area contributed by atoms with Crippen LogP contribution in [-0.2, 0) is 9.47 Å². The van der Waals surface area contributed by atoms with Crippen molar-refractivity contribution in [1.29, 1.82) is 0 Å². The van der Waals surface area contributed by atoms with Gasteiger partial charge < -0.3 is 20.1 Å². The van der Waals surface area contributed by atoms with E-state index in [4.69, 9.17) is 9.47 Å². The molecule has 2 unspecified atom stereocenters. The Kier molecular flexibility index (Phi) is 6.92. The minimum atomic E-state index is 0.528. The molecule has 0 aromatic carbocycles. The molecule has 1 rings (SSSR count). The van der Waals surface area contributed by atoms with Crippen LogP contribution in [0.25, 0.3) is 0 Å². The van der Waals surface area contributed by atoms with E-state index in [0.717, 1.165) is 39.5 Å². The molecule has 4 nitrogen and oxygen atoms in total. The Morgan fingerprint density at radius 1 is 1.33 bits per heavy atom. The summed E-state index contributed by atoms with van der Waals surface area (Å²) in [5.74, 6) is 0.605. The van der Waals surface area contributed by atoms with Crippen LogP contribution in [0.2, 0.25) is 0 Å². The highest BCUT2D eigenvalue weighted by molar-refractivity contribution is 4.82. The quantitative estimate of drug-likeness (QED) is 0.570. The Morgan fingerprint density at radius 2 is 2.20 bits per heavy atom. The molecule has 1 aliphatic heterocycles. The molecule has 4 heteroatoms. The molecule has 2 atom stereocenters. The molecule has 1 heterocycles. The van der Waals surface area contributed by atoms with Gasteiger partial charge in [0.15, 0.2) is 0 Å². The molecular formula is C11H24N2O2. The van der Waals surface area contributed by atoms with Crippen LogP contribution in [0.4, 0.5) is 0 Å². The van der Waals surface area contributed by atoms with E-state index < -0.39 is 0 Å². The number of ether oxygens (including phenoxy) is 2. The van der Waals surface area contributed by atoms with Gasteiger partial charge in [-0.1, -0.05) is 6.92 Å². The molecule has 0 aliphatic carbocycles. The molecule has 0 bridgehead atoms. The lowest BCUT2D eigenvalue weighted by Crippen LogP contribution is -2.41. The van der Waals surface area contributed by atoms with E-state index in [2.05, 4.69) is 17.6 Å². The van der Waals surface area contributed by atoms with Gasteiger partial charge in [0.2, 0.25) is 0 Å². The van der Waals surface area contributed by atoms with E-state index in [-0.39, 0.29) is 0 Å². The lowest BCUT2D eigenvalue weighted by Gasteiger charge is -2.19. The summed E-state index contributed by atoms with van der Waals surface area (Å²) in [5, 5.41) is 6.92. The lowest BCUT2D eigenvalue weighted by molar-refractivity contribution is 0.179. The molecule has 0 aromatic heterocycles. The van der Waals surface area contributed by atoms with Crippen LogP contribution >= 0.6 is 0 Å². The van der Waals surface area contributed by atoms with Crippen LogP contribution < -0.4 is 10.6 Å². The van der Waals surface area contributed by atoms with Gasteiger partial charge in [-0.2, -0.15) is 0 Å². The molecule has 1 aliphatic rings. The molecule has 0 spiro atoms. The van der Waals surface area contributed by atoms with Crippen molar-refractivity contribution in [2.24, 2.45) is 5.92 Å². The van der Waals surface area contributed by atoms with Crippen molar-refractivity contribution < 1.29 is 9.47 Å². The Hall–Kier alpha value is -0.160. The largest absolute Gasteiger partial charge is 0.383 e. The Bertz CT molecular complexity index is 156. The summed E-state index contributed by atoms with van der Waals surface area (Å²) in [5.41, 5.74) is 0. The summed E-state index contributed by atoms with van der Waals surface area (Å²) < 4.78 is 10.5. The van der Waals surface area contributed by atoms with Gasteiger partial charge in [-0.25, -0.2) is 0 Å². The second-order valence-electron chi connectivity index (χ2n) is 4.06. The highest BCUT2D eigenvalue weighted by Crippen LogP contribution is 2.12. The number of rotatable bonds is 8. The minimum absolute atomic E-state index is 0.528. The van der Waals surface area contributed by atoms with Gasteiger partial charge in [-0.05, 0) is 13.0 Å². The SMILES string of the molecule is CCCNC1COCC1CNCCOC. The topological polar surface area (TPSA) is 42.5 Å². The van der Waals surface area contributed by atoms with Gasteiger partial charge in [-0.3, -0.25) is 0 Å². The zero-order valence-corrected chi connectivity index (χ0v) is 9.92. The summed E-state index contributed by atoms with van der Waals surface area (Å²) in [6.45, 7) is 7.73. The van der Waals surface area contributed by atoms with Gasteiger partial charge in [0.1, 0.15) is 0 Å². The highest BCUT2D eigenvalue weighted by atomic mass is 16.5. The third kappa shape index (κ3) is 4.93. The fraction of sp³-hybridized carbons (Fsp3) is 1.00. The third-order valence-corrected chi connectivity index (χ3v) is 2.74. The van der Waals surface area contributed by atoms with Crippen LogP contribution in [0.1, 0.15) is 13.3 Å². The fourth-order valence-corrected chi connectivity index (χ4v) is 1.82. The predicted octanol–water partition coefficient (Wildman–Crippen LogP) is 0.237. The van der Waals surface area contributed by atoms with E-state index >= 15 is 0 Å². The molecule has 90 valence electrons. The van der Waals surface area contributed by atoms with Crippen LogP contribution in [0.5, 0.6) is 0 Å². The van der Waals surface area contributed by atoms with Crippen molar-refractivity contribution in [2.75, 3.05) is 46.6 Å². The van der Waals surface area contributed by atoms with Gasteiger partial charge >= 0.3 is 0 Å². The average Bonchev–Trinajstić information content (AvgIpc) is 2.69. The lowest BCUT2D eigenvalue weighted by atomic mass is 10.0. The van der Waals surface area contributed by atoms with Crippen molar-refractivity contribution in [3.05, 3.63) is 0 Å². The van der Waals surface area contributed by atoms with Crippen LogP contribution in [0.15, 0.2) is 0 Å². The number of nitrogens with one attached hydrogen (secondary N) is 2. The van der Waals surface area contributed by atoms with Gasteiger partial charge in [0, 0.05) is 32.2 Å².